The molecule has 0 spiro atoms. The van der Waals surface area contributed by atoms with E-state index in [-0.39, 0.29) is 29.4 Å². The lowest BCUT2D eigenvalue weighted by Gasteiger charge is -2.25. The fourth-order valence-corrected chi connectivity index (χ4v) is 4.09. The molecular formula is C16H17F2N3O4S. The number of ether oxygens (including phenoxy) is 1. The number of nitrogens with zero attached hydrogens (tertiary/aromatic N) is 2. The van der Waals surface area contributed by atoms with Gasteiger partial charge in [-0.2, -0.15) is 4.31 Å². The minimum atomic E-state index is -3.76. The van der Waals surface area contributed by atoms with Crippen LogP contribution in [0.5, 0.6) is 0 Å². The Morgan fingerprint density at radius 3 is 2.54 bits per heavy atom. The van der Waals surface area contributed by atoms with Crippen LogP contribution in [0, 0.1) is 11.6 Å². The van der Waals surface area contributed by atoms with Gasteiger partial charge in [0.25, 0.3) is 5.91 Å². The highest BCUT2D eigenvalue weighted by atomic mass is 32.2. The van der Waals surface area contributed by atoms with Gasteiger partial charge in [0, 0.05) is 32.4 Å². The molecule has 1 aliphatic heterocycles. The minimum absolute atomic E-state index is 0.0283. The first-order valence-corrected chi connectivity index (χ1v) is 9.24. The van der Waals surface area contributed by atoms with Gasteiger partial charge >= 0.3 is 0 Å². The molecule has 2 aromatic rings. The van der Waals surface area contributed by atoms with Crippen LogP contribution in [0.4, 0.5) is 14.5 Å². The van der Waals surface area contributed by atoms with Crippen molar-refractivity contribution in [3.8, 4) is 0 Å². The van der Waals surface area contributed by atoms with E-state index >= 15 is 0 Å². The zero-order valence-electron chi connectivity index (χ0n) is 13.9. The van der Waals surface area contributed by atoms with Gasteiger partial charge in [-0.05, 0) is 18.2 Å². The van der Waals surface area contributed by atoms with E-state index < -0.39 is 27.6 Å². The molecule has 0 radical (unpaired) electrons. The normalized spacial score (nSPS) is 15.8. The summed E-state index contributed by atoms with van der Waals surface area (Å²) in [5, 5.41) is 2.31. The number of hydrogen-bond acceptors (Lipinski definition) is 4. The number of benzene rings is 1. The van der Waals surface area contributed by atoms with Crippen molar-refractivity contribution < 1.29 is 26.7 Å². The van der Waals surface area contributed by atoms with Crippen LogP contribution in [0.3, 0.4) is 0 Å². The highest BCUT2D eigenvalue weighted by Crippen LogP contribution is 2.21. The smallest absolute Gasteiger partial charge is 0.272 e. The van der Waals surface area contributed by atoms with Crippen LogP contribution in [-0.2, 0) is 21.8 Å². The summed E-state index contributed by atoms with van der Waals surface area (Å²) in [7, 11) is -2.25. The maximum Gasteiger partial charge on any atom is 0.272 e. The Bertz CT molecular complexity index is 937. The first-order valence-electron chi connectivity index (χ1n) is 7.80. The fraction of sp³-hybridized carbons (Fsp3) is 0.312. The van der Waals surface area contributed by atoms with Crippen LogP contribution in [-0.4, -0.2) is 49.5 Å². The Balaban J connectivity index is 1.84. The summed E-state index contributed by atoms with van der Waals surface area (Å²) in [6.45, 7) is 1.09. The quantitative estimate of drug-likeness (QED) is 0.867. The monoisotopic (exact) mass is 385 g/mol. The number of hydrogen-bond donors (Lipinski definition) is 1. The Morgan fingerprint density at radius 1 is 1.19 bits per heavy atom. The van der Waals surface area contributed by atoms with Crippen LogP contribution < -0.4 is 5.32 Å². The van der Waals surface area contributed by atoms with Crippen molar-refractivity contribution in [3.05, 3.63) is 47.8 Å². The third-order valence-corrected chi connectivity index (χ3v) is 5.86. The summed E-state index contributed by atoms with van der Waals surface area (Å²) in [6.07, 6.45) is 1.32. The van der Waals surface area contributed by atoms with Gasteiger partial charge in [-0.3, -0.25) is 4.79 Å². The molecule has 0 bridgehead atoms. The lowest BCUT2D eigenvalue weighted by atomic mass is 10.3. The number of carbonyl (C=O) groups is 1. The van der Waals surface area contributed by atoms with Crippen LogP contribution in [0.15, 0.2) is 35.4 Å². The van der Waals surface area contributed by atoms with E-state index in [9.17, 15) is 22.0 Å². The van der Waals surface area contributed by atoms with Crippen molar-refractivity contribution in [1.29, 1.82) is 0 Å². The zero-order valence-corrected chi connectivity index (χ0v) is 14.7. The van der Waals surface area contributed by atoms with Gasteiger partial charge in [0.2, 0.25) is 10.0 Å². The van der Waals surface area contributed by atoms with Gasteiger partial charge in [0.15, 0.2) is 0 Å². The predicted octanol–water partition coefficient (Wildman–Crippen LogP) is 1.58. The van der Waals surface area contributed by atoms with E-state index in [1.807, 2.05) is 0 Å². The molecule has 0 atom stereocenters. The van der Waals surface area contributed by atoms with Gasteiger partial charge < -0.3 is 14.6 Å². The molecule has 1 N–H and O–H groups in total. The third kappa shape index (κ3) is 3.62. The molecule has 0 saturated carbocycles. The molecule has 1 aromatic carbocycles. The Morgan fingerprint density at radius 2 is 1.88 bits per heavy atom. The number of nitrogens with one attached hydrogen (secondary N) is 1. The summed E-state index contributed by atoms with van der Waals surface area (Å²) < 4.78 is 59.7. The molecule has 1 saturated heterocycles. The standard InChI is InChI=1S/C16H17F2N3O4S/c1-20-10-12(26(23,24)21-4-6-25-7-5-21)9-15(20)16(22)19-14-3-2-11(17)8-13(14)18/h2-3,8-10H,4-7H2,1H3,(H,19,22). The molecule has 1 amide bonds. The topological polar surface area (TPSA) is 80.6 Å². The second-order valence-electron chi connectivity index (χ2n) is 5.77. The molecule has 1 fully saturated rings. The van der Waals surface area contributed by atoms with Crippen molar-refractivity contribution >= 4 is 21.6 Å². The minimum Gasteiger partial charge on any atom is -0.379 e. The largest absolute Gasteiger partial charge is 0.379 e. The number of halogens is 2. The average molecular weight is 385 g/mol. The molecule has 7 nitrogen and oxygen atoms in total. The predicted molar refractivity (Wildman–Crippen MR) is 89.3 cm³/mol. The number of rotatable bonds is 4. The van der Waals surface area contributed by atoms with Crippen molar-refractivity contribution in [2.24, 2.45) is 7.05 Å². The Hall–Kier alpha value is -2.30. The molecule has 1 aromatic heterocycles. The van der Waals surface area contributed by atoms with Crippen molar-refractivity contribution in [2.45, 2.75) is 4.90 Å². The second kappa shape index (κ2) is 7.14. The summed E-state index contributed by atoms with van der Waals surface area (Å²) in [5.41, 5.74) is -0.171. The van der Waals surface area contributed by atoms with E-state index in [1.165, 1.54) is 28.2 Å². The lowest BCUT2D eigenvalue weighted by Crippen LogP contribution is -2.40. The van der Waals surface area contributed by atoms with Crippen molar-refractivity contribution in [2.75, 3.05) is 31.6 Å². The maximum absolute atomic E-state index is 13.7. The van der Waals surface area contributed by atoms with E-state index in [4.69, 9.17) is 4.74 Å². The van der Waals surface area contributed by atoms with Gasteiger partial charge in [0.1, 0.15) is 22.2 Å². The molecule has 0 unspecified atom stereocenters. The zero-order chi connectivity index (χ0) is 18.9. The molecule has 0 aliphatic carbocycles. The second-order valence-corrected chi connectivity index (χ2v) is 7.70. The molecule has 3 rings (SSSR count). The van der Waals surface area contributed by atoms with Crippen LogP contribution in [0.1, 0.15) is 10.5 Å². The summed E-state index contributed by atoms with van der Waals surface area (Å²) >= 11 is 0. The highest BCUT2D eigenvalue weighted by Gasteiger charge is 2.29. The van der Waals surface area contributed by atoms with Gasteiger partial charge in [-0.1, -0.05) is 0 Å². The molecular weight excluding hydrogens is 368 g/mol. The summed E-state index contributed by atoms with van der Waals surface area (Å²) in [5.74, 6) is -2.39. The number of morpholine rings is 1. The van der Waals surface area contributed by atoms with Gasteiger partial charge in [-0.25, -0.2) is 17.2 Å². The first kappa shape index (κ1) is 18.5. The molecule has 140 valence electrons. The molecule has 2 heterocycles. The van der Waals surface area contributed by atoms with Crippen LogP contribution in [0.2, 0.25) is 0 Å². The fourth-order valence-electron chi connectivity index (χ4n) is 2.61. The number of amides is 1. The van der Waals surface area contributed by atoms with Crippen LogP contribution in [0.25, 0.3) is 0 Å². The number of anilines is 1. The van der Waals surface area contributed by atoms with Crippen molar-refractivity contribution in [1.82, 2.24) is 8.87 Å². The third-order valence-electron chi connectivity index (χ3n) is 4.00. The number of aryl methyl sites for hydroxylation is 1. The SMILES string of the molecule is Cn1cc(S(=O)(=O)N2CCOCC2)cc1C(=O)Nc1ccc(F)cc1F. The molecule has 26 heavy (non-hydrogen) atoms. The average Bonchev–Trinajstić information content (AvgIpc) is 3.01. The Kier molecular flexibility index (Phi) is 5.08. The van der Waals surface area contributed by atoms with E-state index in [2.05, 4.69) is 5.32 Å². The number of sulfonamides is 1. The van der Waals surface area contributed by atoms with Crippen LogP contribution >= 0.6 is 0 Å². The number of aromatic nitrogens is 1. The number of carbonyl (C=O) groups excluding carboxylic acids is 1. The van der Waals surface area contributed by atoms with Gasteiger partial charge in [0.05, 0.1) is 18.9 Å². The molecule has 10 heteroatoms. The lowest BCUT2D eigenvalue weighted by molar-refractivity contribution is 0.0730. The highest BCUT2D eigenvalue weighted by molar-refractivity contribution is 7.89. The molecule has 1 aliphatic rings. The van der Waals surface area contributed by atoms with E-state index in [1.54, 1.807) is 0 Å². The Labute approximate surface area is 149 Å². The van der Waals surface area contributed by atoms with Crippen molar-refractivity contribution in [3.63, 3.8) is 0 Å². The maximum atomic E-state index is 13.7. The first-order chi connectivity index (χ1) is 12.3. The van der Waals surface area contributed by atoms with E-state index in [0.29, 0.717) is 19.3 Å². The summed E-state index contributed by atoms with van der Waals surface area (Å²) in [4.78, 5) is 12.3. The summed E-state index contributed by atoms with van der Waals surface area (Å²) in [6, 6.07) is 3.98. The van der Waals surface area contributed by atoms with Gasteiger partial charge in [-0.15, -0.1) is 0 Å². The van der Waals surface area contributed by atoms with E-state index in [0.717, 1.165) is 12.1 Å².